The quantitative estimate of drug-likeness (QED) is 0.419. The van der Waals surface area contributed by atoms with Gasteiger partial charge in [-0.25, -0.2) is 9.79 Å². The third-order valence-corrected chi connectivity index (χ3v) is 5.13. The van der Waals surface area contributed by atoms with Gasteiger partial charge in [-0.3, -0.25) is 4.79 Å². The molecule has 1 N–H and O–H groups in total. The van der Waals surface area contributed by atoms with E-state index in [0.29, 0.717) is 16.9 Å². The minimum Gasteiger partial charge on any atom is -0.478 e. The molecule has 1 saturated carbocycles. The first-order chi connectivity index (χ1) is 13.4. The van der Waals surface area contributed by atoms with Gasteiger partial charge in [0.1, 0.15) is 11.1 Å². The Balaban J connectivity index is 1.93. The largest absolute Gasteiger partial charge is 0.478 e. The van der Waals surface area contributed by atoms with Crippen LogP contribution in [0.15, 0.2) is 38.5 Å². The van der Waals surface area contributed by atoms with Gasteiger partial charge in [-0.2, -0.15) is 4.98 Å². The van der Waals surface area contributed by atoms with Crippen LogP contribution in [0, 0.1) is 0 Å². The Morgan fingerprint density at radius 2 is 2.00 bits per heavy atom. The summed E-state index contributed by atoms with van der Waals surface area (Å²) < 4.78 is 5.84. The summed E-state index contributed by atoms with van der Waals surface area (Å²) in [7, 11) is 3.53. The lowest BCUT2D eigenvalue weighted by Crippen LogP contribution is -2.09. The van der Waals surface area contributed by atoms with Crippen LogP contribution in [0.2, 0.25) is 0 Å². The molecule has 1 aliphatic rings. The Morgan fingerprint density at radius 3 is 2.68 bits per heavy atom. The van der Waals surface area contributed by atoms with Crippen LogP contribution in [-0.4, -0.2) is 41.4 Å². The van der Waals surface area contributed by atoms with Crippen LogP contribution in [0.25, 0.3) is 22.1 Å². The first-order valence-corrected chi connectivity index (χ1v) is 9.29. The van der Waals surface area contributed by atoms with Gasteiger partial charge in [0, 0.05) is 14.1 Å². The van der Waals surface area contributed by atoms with Crippen LogP contribution in [0.4, 0.5) is 5.82 Å². The van der Waals surface area contributed by atoms with Gasteiger partial charge >= 0.3 is 5.97 Å². The molecule has 0 atom stereocenters. The molecule has 1 aromatic carbocycles. The van der Waals surface area contributed by atoms with E-state index < -0.39 is 5.97 Å². The summed E-state index contributed by atoms with van der Waals surface area (Å²) in [5.41, 5.74) is 1.26. The highest BCUT2D eigenvalue weighted by molar-refractivity contribution is 5.98. The maximum absolute atomic E-state index is 13.1. The number of hydrogen-bond acceptors (Lipinski definition) is 5. The van der Waals surface area contributed by atoms with E-state index in [2.05, 4.69) is 9.98 Å². The van der Waals surface area contributed by atoms with Crippen LogP contribution in [0.3, 0.4) is 0 Å². The summed E-state index contributed by atoms with van der Waals surface area (Å²) in [5.74, 6) is -0.728. The van der Waals surface area contributed by atoms with Gasteiger partial charge in [0.25, 0.3) is 0 Å². The molecule has 0 aliphatic heterocycles. The van der Waals surface area contributed by atoms with Crippen LogP contribution in [0.5, 0.6) is 0 Å². The number of carbonyl (C=O) groups is 1. The van der Waals surface area contributed by atoms with Crippen molar-refractivity contribution in [3.05, 3.63) is 45.6 Å². The maximum Gasteiger partial charge on any atom is 0.339 e. The molecule has 2 heterocycles. The molecule has 4 rings (SSSR count). The fourth-order valence-corrected chi connectivity index (χ4v) is 3.73. The highest BCUT2D eigenvalue weighted by Gasteiger charge is 2.20. The van der Waals surface area contributed by atoms with Gasteiger partial charge in [-0.1, -0.05) is 18.9 Å². The summed E-state index contributed by atoms with van der Waals surface area (Å²) in [6, 6.07) is 7.00. The van der Waals surface area contributed by atoms with Crippen molar-refractivity contribution in [3.63, 3.8) is 0 Å². The average Bonchev–Trinajstić information content (AvgIpc) is 3.20. The fourth-order valence-electron chi connectivity index (χ4n) is 3.73. The number of aromatic nitrogens is 1. The van der Waals surface area contributed by atoms with Crippen molar-refractivity contribution in [3.8, 4) is 0 Å². The molecule has 3 aromatic rings. The van der Waals surface area contributed by atoms with E-state index in [1.54, 1.807) is 25.1 Å². The molecular weight excluding hydrogens is 358 g/mol. The third-order valence-electron chi connectivity index (χ3n) is 5.13. The predicted octanol–water partition coefficient (Wildman–Crippen LogP) is 3.92. The lowest BCUT2D eigenvalue weighted by molar-refractivity contribution is 0.0697. The number of carboxylic acid groups (broad SMARTS) is 1. The summed E-state index contributed by atoms with van der Waals surface area (Å²) in [6.07, 6.45) is 6.12. The molecule has 0 bridgehead atoms. The predicted molar refractivity (Wildman–Crippen MR) is 108 cm³/mol. The van der Waals surface area contributed by atoms with Crippen LogP contribution < -0.4 is 5.43 Å². The van der Waals surface area contributed by atoms with Gasteiger partial charge in [0.15, 0.2) is 5.82 Å². The zero-order chi connectivity index (χ0) is 19.8. The number of nitrogens with zero attached hydrogens (tertiary/aromatic N) is 3. The lowest BCUT2D eigenvalue weighted by Gasteiger charge is -2.10. The SMILES string of the molecule is CN(C)/C=N/c1nc2oc3ccc(C4CCCC4)cc3c(=O)c2cc1C(=O)O. The van der Waals surface area contributed by atoms with Crippen molar-refractivity contribution in [2.45, 2.75) is 31.6 Å². The van der Waals surface area contributed by atoms with Crippen molar-refractivity contribution in [2.75, 3.05) is 14.1 Å². The number of hydrogen-bond donors (Lipinski definition) is 1. The Labute approximate surface area is 161 Å². The van der Waals surface area contributed by atoms with Gasteiger partial charge in [-0.05, 0) is 42.5 Å². The van der Waals surface area contributed by atoms with Crippen LogP contribution >= 0.6 is 0 Å². The third kappa shape index (κ3) is 3.24. The number of pyridine rings is 1. The van der Waals surface area contributed by atoms with Gasteiger partial charge in [-0.15, -0.1) is 0 Å². The summed E-state index contributed by atoms with van der Waals surface area (Å²) >= 11 is 0. The van der Waals surface area contributed by atoms with E-state index in [0.717, 1.165) is 18.4 Å². The van der Waals surface area contributed by atoms with E-state index in [1.165, 1.54) is 25.2 Å². The number of aromatic carboxylic acids is 1. The lowest BCUT2D eigenvalue weighted by atomic mass is 9.96. The molecular formula is C21H21N3O4. The van der Waals surface area contributed by atoms with Gasteiger partial charge < -0.3 is 14.4 Å². The van der Waals surface area contributed by atoms with Crippen molar-refractivity contribution in [2.24, 2.45) is 4.99 Å². The number of benzene rings is 1. The average molecular weight is 379 g/mol. The fraction of sp³-hybridized carbons (Fsp3) is 0.333. The highest BCUT2D eigenvalue weighted by atomic mass is 16.4. The molecule has 0 radical (unpaired) electrons. The summed E-state index contributed by atoms with van der Waals surface area (Å²) in [6.45, 7) is 0. The number of aliphatic imine (C=N–C) groups is 1. The van der Waals surface area contributed by atoms with E-state index >= 15 is 0 Å². The van der Waals surface area contributed by atoms with Gasteiger partial charge in [0.2, 0.25) is 11.1 Å². The molecule has 2 aromatic heterocycles. The molecule has 0 unspecified atom stereocenters. The Bertz CT molecular complexity index is 1160. The second-order valence-electron chi connectivity index (χ2n) is 7.39. The van der Waals surface area contributed by atoms with E-state index in [9.17, 15) is 14.7 Å². The normalized spacial score (nSPS) is 15.1. The van der Waals surface area contributed by atoms with Crippen molar-refractivity contribution in [1.82, 2.24) is 9.88 Å². The number of fused-ring (bicyclic) bond motifs is 2. The highest BCUT2D eigenvalue weighted by Crippen LogP contribution is 2.35. The minimum absolute atomic E-state index is 0.00113. The van der Waals surface area contributed by atoms with Crippen LogP contribution in [-0.2, 0) is 0 Å². The molecule has 144 valence electrons. The molecule has 0 amide bonds. The molecule has 1 fully saturated rings. The minimum atomic E-state index is -1.19. The first kappa shape index (κ1) is 18.2. The Hall–Kier alpha value is -3.22. The standard InChI is InChI=1S/C21H21N3O4/c1-24(2)11-22-19-16(21(26)27)10-15-18(25)14-9-13(12-5-3-4-6-12)7-8-17(14)28-20(15)23-19/h7-12H,3-6H2,1-2H3,(H,26,27)/b22-11+. The van der Waals surface area contributed by atoms with Crippen molar-refractivity contribution < 1.29 is 14.3 Å². The monoisotopic (exact) mass is 379 g/mol. The second-order valence-corrected chi connectivity index (χ2v) is 7.39. The Morgan fingerprint density at radius 1 is 1.25 bits per heavy atom. The first-order valence-electron chi connectivity index (χ1n) is 9.29. The molecule has 1 aliphatic carbocycles. The Kier molecular flexibility index (Phi) is 4.58. The van der Waals surface area contributed by atoms with Crippen molar-refractivity contribution in [1.29, 1.82) is 0 Å². The van der Waals surface area contributed by atoms with E-state index in [4.69, 9.17) is 4.42 Å². The number of rotatable bonds is 4. The molecule has 0 saturated heterocycles. The van der Waals surface area contributed by atoms with E-state index in [-0.39, 0.29) is 27.9 Å². The van der Waals surface area contributed by atoms with Crippen LogP contribution in [0.1, 0.15) is 47.5 Å². The molecule has 28 heavy (non-hydrogen) atoms. The summed E-state index contributed by atoms with van der Waals surface area (Å²) in [5, 5.41) is 10.1. The van der Waals surface area contributed by atoms with Gasteiger partial charge in [0.05, 0.1) is 17.1 Å². The summed E-state index contributed by atoms with van der Waals surface area (Å²) in [4.78, 5) is 34.7. The second kappa shape index (κ2) is 7.07. The zero-order valence-electron chi connectivity index (χ0n) is 15.8. The molecule has 7 heteroatoms. The van der Waals surface area contributed by atoms with Crippen molar-refractivity contribution >= 4 is 40.2 Å². The topological polar surface area (TPSA) is 96.0 Å². The zero-order valence-corrected chi connectivity index (χ0v) is 15.8. The molecule has 7 nitrogen and oxygen atoms in total. The molecule has 0 spiro atoms. The number of carboxylic acids is 1. The maximum atomic E-state index is 13.1. The van der Waals surface area contributed by atoms with E-state index in [1.807, 2.05) is 12.1 Å². The smallest absolute Gasteiger partial charge is 0.339 e.